The van der Waals surface area contributed by atoms with Gasteiger partial charge in [0, 0.05) is 6.42 Å². The molecule has 0 fully saturated rings. The summed E-state index contributed by atoms with van der Waals surface area (Å²) in [5.41, 5.74) is 0.283. The largest absolute Gasteiger partial charge is 0.504 e. The molecule has 14 heavy (non-hydrogen) atoms. The molecule has 1 aromatic carbocycles. The average molecular weight is 196 g/mol. The zero-order valence-corrected chi connectivity index (χ0v) is 8.07. The first-order chi connectivity index (χ1) is 6.61. The monoisotopic (exact) mass is 196 g/mol. The lowest BCUT2D eigenvalue weighted by atomic mass is 10.1. The summed E-state index contributed by atoms with van der Waals surface area (Å²) in [5.74, 6) is -0.810. The predicted octanol–water partition coefficient (Wildman–Crippen LogP) is 1.70. The van der Waals surface area contributed by atoms with Crippen LogP contribution in [0.2, 0.25) is 0 Å². The Morgan fingerprint density at radius 3 is 2.57 bits per heavy atom. The Morgan fingerprint density at radius 2 is 2.07 bits per heavy atom. The van der Waals surface area contributed by atoms with E-state index in [4.69, 9.17) is 9.84 Å². The topological polar surface area (TPSA) is 66.8 Å². The maximum atomic E-state index is 11.4. The fourth-order valence-electron chi connectivity index (χ4n) is 1.18. The summed E-state index contributed by atoms with van der Waals surface area (Å²) >= 11 is 0. The number of ketones is 1. The van der Waals surface area contributed by atoms with Gasteiger partial charge in [-0.05, 0) is 12.1 Å². The van der Waals surface area contributed by atoms with Crippen molar-refractivity contribution < 1.29 is 19.7 Å². The standard InChI is InChI=1S/C10H12O4/c1-3-7(11)6-4-5-8(12)9(13)10(6)14-2/h4-5,12-13H,3H2,1-2H3. The minimum Gasteiger partial charge on any atom is -0.504 e. The van der Waals surface area contributed by atoms with Crippen LogP contribution in [0.3, 0.4) is 0 Å². The molecular formula is C10H12O4. The van der Waals surface area contributed by atoms with Gasteiger partial charge in [0.15, 0.2) is 17.3 Å². The third kappa shape index (κ3) is 1.64. The van der Waals surface area contributed by atoms with E-state index in [0.717, 1.165) is 0 Å². The molecule has 1 rings (SSSR count). The van der Waals surface area contributed by atoms with Gasteiger partial charge in [-0.3, -0.25) is 4.79 Å². The molecule has 76 valence electrons. The van der Waals surface area contributed by atoms with Crippen LogP contribution in [0.25, 0.3) is 0 Å². The first-order valence-corrected chi connectivity index (χ1v) is 4.24. The number of phenolic OH excluding ortho intramolecular Hbond substituents is 2. The van der Waals surface area contributed by atoms with Crippen LogP contribution in [0.15, 0.2) is 12.1 Å². The summed E-state index contributed by atoms with van der Waals surface area (Å²) in [6, 6.07) is 2.69. The average Bonchev–Trinajstić information content (AvgIpc) is 2.20. The molecule has 4 nitrogen and oxygen atoms in total. The second-order valence-electron chi connectivity index (χ2n) is 2.79. The maximum Gasteiger partial charge on any atom is 0.201 e. The van der Waals surface area contributed by atoms with Gasteiger partial charge < -0.3 is 14.9 Å². The lowest BCUT2D eigenvalue weighted by molar-refractivity contribution is 0.0984. The van der Waals surface area contributed by atoms with Crippen LogP contribution in [0, 0.1) is 0 Å². The van der Waals surface area contributed by atoms with E-state index >= 15 is 0 Å². The van der Waals surface area contributed by atoms with Crippen LogP contribution in [0.4, 0.5) is 0 Å². The third-order valence-corrected chi connectivity index (χ3v) is 1.94. The lowest BCUT2D eigenvalue weighted by Gasteiger charge is -2.09. The molecule has 0 bridgehead atoms. The second-order valence-corrected chi connectivity index (χ2v) is 2.79. The second kappa shape index (κ2) is 4.00. The molecule has 0 saturated heterocycles. The Kier molecular flexibility index (Phi) is 2.96. The van der Waals surface area contributed by atoms with Gasteiger partial charge in [0.05, 0.1) is 12.7 Å². The van der Waals surface area contributed by atoms with E-state index in [0.29, 0.717) is 6.42 Å². The van der Waals surface area contributed by atoms with Crippen LogP contribution in [0.1, 0.15) is 23.7 Å². The Bertz CT molecular complexity index is 357. The Hall–Kier alpha value is -1.71. The number of hydrogen-bond acceptors (Lipinski definition) is 4. The highest BCUT2D eigenvalue weighted by atomic mass is 16.5. The van der Waals surface area contributed by atoms with Gasteiger partial charge in [-0.1, -0.05) is 6.92 Å². The van der Waals surface area contributed by atoms with Gasteiger partial charge in [0.2, 0.25) is 5.75 Å². The fourth-order valence-corrected chi connectivity index (χ4v) is 1.18. The molecule has 0 saturated carbocycles. The zero-order chi connectivity index (χ0) is 10.7. The molecule has 0 radical (unpaired) electrons. The molecule has 0 atom stereocenters. The highest BCUT2D eigenvalue weighted by molar-refractivity contribution is 5.99. The first kappa shape index (κ1) is 10.4. The third-order valence-electron chi connectivity index (χ3n) is 1.94. The SMILES string of the molecule is CCC(=O)c1ccc(O)c(O)c1OC. The fraction of sp³-hybridized carbons (Fsp3) is 0.300. The molecule has 0 amide bonds. The summed E-state index contributed by atoms with van der Waals surface area (Å²) in [7, 11) is 1.33. The number of methoxy groups -OCH3 is 1. The molecule has 0 heterocycles. The minimum absolute atomic E-state index is 0.0249. The van der Waals surface area contributed by atoms with E-state index in [1.807, 2.05) is 0 Å². The van der Waals surface area contributed by atoms with Crippen molar-refractivity contribution in [2.24, 2.45) is 0 Å². The van der Waals surface area contributed by atoms with Crippen molar-refractivity contribution in [1.82, 2.24) is 0 Å². The number of phenols is 2. The summed E-state index contributed by atoms with van der Waals surface area (Å²) in [6.07, 6.45) is 0.320. The van der Waals surface area contributed by atoms with E-state index in [2.05, 4.69) is 0 Å². The van der Waals surface area contributed by atoms with Crippen molar-refractivity contribution in [3.63, 3.8) is 0 Å². The van der Waals surface area contributed by atoms with Crippen LogP contribution < -0.4 is 4.74 Å². The predicted molar refractivity (Wildman–Crippen MR) is 50.9 cm³/mol. The van der Waals surface area contributed by atoms with Gasteiger partial charge in [-0.25, -0.2) is 0 Å². The Labute approximate surface area is 81.8 Å². The maximum absolute atomic E-state index is 11.4. The Balaban J connectivity index is 3.31. The highest BCUT2D eigenvalue weighted by Gasteiger charge is 2.16. The molecule has 1 aromatic rings. The number of rotatable bonds is 3. The van der Waals surface area contributed by atoms with E-state index in [1.54, 1.807) is 6.92 Å². The number of aromatic hydroxyl groups is 2. The van der Waals surface area contributed by atoms with Crippen molar-refractivity contribution in [2.75, 3.05) is 7.11 Å². The normalized spacial score (nSPS) is 9.86. The van der Waals surface area contributed by atoms with E-state index < -0.39 is 5.75 Å². The van der Waals surface area contributed by atoms with E-state index in [9.17, 15) is 9.90 Å². The summed E-state index contributed by atoms with van der Waals surface area (Å²) in [5, 5.41) is 18.6. The molecule has 2 N–H and O–H groups in total. The van der Waals surface area contributed by atoms with E-state index in [-0.39, 0.29) is 22.8 Å². The zero-order valence-electron chi connectivity index (χ0n) is 8.07. The molecule has 0 spiro atoms. The number of carbonyl (C=O) groups excluding carboxylic acids is 1. The van der Waals surface area contributed by atoms with Gasteiger partial charge in [0.1, 0.15) is 0 Å². The molecule has 0 unspecified atom stereocenters. The molecule has 4 heteroatoms. The van der Waals surface area contributed by atoms with Crippen molar-refractivity contribution >= 4 is 5.78 Å². The minimum atomic E-state index is -0.396. The number of benzene rings is 1. The van der Waals surface area contributed by atoms with Crippen LogP contribution in [-0.2, 0) is 0 Å². The molecule has 0 aliphatic rings. The number of hydrogen-bond donors (Lipinski definition) is 2. The molecule has 0 aromatic heterocycles. The molecular weight excluding hydrogens is 184 g/mol. The van der Waals surface area contributed by atoms with Crippen molar-refractivity contribution in [1.29, 1.82) is 0 Å². The van der Waals surface area contributed by atoms with Gasteiger partial charge in [0.25, 0.3) is 0 Å². The molecule has 0 aliphatic heterocycles. The van der Waals surface area contributed by atoms with Crippen LogP contribution in [-0.4, -0.2) is 23.1 Å². The van der Waals surface area contributed by atoms with E-state index in [1.165, 1.54) is 19.2 Å². The quantitative estimate of drug-likeness (QED) is 0.570. The smallest absolute Gasteiger partial charge is 0.201 e. The van der Waals surface area contributed by atoms with Crippen LogP contribution in [0.5, 0.6) is 17.2 Å². The van der Waals surface area contributed by atoms with Gasteiger partial charge in [-0.15, -0.1) is 0 Å². The summed E-state index contributed by atoms with van der Waals surface area (Å²) in [6.45, 7) is 1.71. The number of ether oxygens (including phenoxy) is 1. The van der Waals surface area contributed by atoms with Crippen LogP contribution >= 0.6 is 0 Å². The lowest BCUT2D eigenvalue weighted by Crippen LogP contribution is -2.00. The molecule has 0 aliphatic carbocycles. The van der Waals surface area contributed by atoms with Crippen molar-refractivity contribution in [3.05, 3.63) is 17.7 Å². The number of carbonyl (C=O) groups is 1. The van der Waals surface area contributed by atoms with Crippen molar-refractivity contribution in [2.45, 2.75) is 13.3 Å². The Morgan fingerprint density at radius 1 is 1.43 bits per heavy atom. The number of Topliss-reactive ketones (excluding diaryl/α,β-unsaturated/α-hetero) is 1. The first-order valence-electron chi connectivity index (χ1n) is 4.24. The summed E-state index contributed by atoms with van der Waals surface area (Å²) < 4.78 is 4.85. The summed E-state index contributed by atoms with van der Waals surface area (Å²) in [4.78, 5) is 11.4. The highest BCUT2D eigenvalue weighted by Crippen LogP contribution is 2.38. The van der Waals surface area contributed by atoms with Gasteiger partial charge >= 0.3 is 0 Å². The van der Waals surface area contributed by atoms with Gasteiger partial charge in [-0.2, -0.15) is 0 Å². The van der Waals surface area contributed by atoms with Crippen molar-refractivity contribution in [3.8, 4) is 17.2 Å².